The van der Waals surface area contributed by atoms with Crippen LogP contribution in [0.25, 0.3) is 0 Å². The van der Waals surface area contributed by atoms with Crippen molar-refractivity contribution >= 4 is 0 Å². The molecule has 1 saturated carbocycles. The summed E-state index contributed by atoms with van der Waals surface area (Å²) in [4.78, 5) is 2.53. The molecule has 3 nitrogen and oxygen atoms in total. The van der Waals surface area contributed by atoms with Gasteiger partial charge in [-0.3, -0.25) is 0 Å². The zero-order valence-corrected chi connectivity index (χ0v) is 14.3. The van der Waals surface area contributed by atoms with Gasteiger partial charge in [0.15, 0.2) is 11.6 Å². The number of rotatable bonds is 5. The fraction of sp³-hybridized carbons (Fsp3) is 0.429. The van der Waals surface area contributed by atoms with Crippen LogP contribution in [-0.2, 0) is 6.42 Å². The van der Waals surface area contributed by atoms with Crippen LogP contribution < -0.4 is 4.74 Å². The van der Waals surface area contributed by atoms with Gasteiger partial charge in [-0.2, -0.15) is 0 Å². The van der Waals surface area contributed by atoms with E-state index in [0.717, 1.165) is 38.9 Å². The minimum Gasteiger partial charge on any atom is -0.508 e. The summed E-state index contributed by atoms with van der Waals surface area (Å²) in [5.41, 5.74) is 1.26. The number of benzene rings is 2. The number of halogens is 1. The van der Waals surface area contributed by atoms with Gasteiger partial charge in [-0.1, -0.05) is 24.3 Å². The summed E-state index contributed by atoms with van der Waals surface area (Å²) < 4.78 is 19.6. The van der Waals surface area contributed by atoms with Crippen molar-refractivity contribution in [1.82, 2.24) is 4.90 Å². The van der Waals surface area contributed by atoms with Gasteiger partial charge in [0.1, 0.15) is 5.75 Å². The van der Waals surface area contributed by atoms with Gasteiger partial charge in [0.25, 0.3) is 0 Å². The first-order chi connectivity index (χ1) is 12.2. The summed E-state index contributed by atoms with van der Waals surface area (Å²) in [7, 11) is 0. The second-order valence-corrected chi connectivity index (χ2v) is 7.34. The van der Waals surface area contributed by atoms with Gasteiger partial charge in [-0.05, 0) is 60.9 Å². The Hall–Kier alpha value is -2.07. The van der Waals surface area contributed by atoms with Crippen molar-refractivity contribution in [3.8, 4) is 11.5 Å². The Balaban J connectivity index is 1.26. The molecule has 2 aromatic rings. The van der Waals surface area contributed by atoms with E-state index in [4.69, 9.17) is 4.74 Å². The highest BCUT2D eigenvalue weighted by atomic mass is 19.1. The summed E-state index contributed by atoms with van der Waals surface area (Å²) in [5.74, 6) is 1.76. The fourth-order valence-corrected chi connectivity index (χ4v) is 4.29. The third-order valence-electron chi connectivity index (χ3n) is 5.57. The molecular weight excluding hydrogens is 317 g/mol. The minimum absolute atomic E-state index is 0.145. The summed E-state index contributed by atoms with van der Waals surface area (Å²) in [6.07, 6.45) is 3.20. The van der Waals surface area contributed by atoms with Crippen molar-refractivity contribution < 1.29 is 14.2 Å². The van der Waals surface area contributed by atoms with E-state index in [-0.39, 0.29) is 11.9 Å². The maximum absolute atomic E-state index is 13.7. The predicted octanol–water partition coefficient (Wildman–Crippen LogP) is 3.86. The molecule has 3 atom stereocenters. The Morgan fingerprint density at radius 2 is 1.68 bits per heavy atom. The van der Waals surface area contributed by atoms with E-state index in [1.165, 1.54) is 11.6 Å². The maximum atomic E-state index is 13.7. The van der Waals surface area contributed by atoms with Gasteiger partial charge in [0.2, 0.25) is 0 Å². The maximum Gasteiger partial charge on any atom is 0.165 e. The molecule has 1 heterocycles. The Bertz CT molecular complexity index is 704. The molecule has 2 fully saturated rings. The van der Waals surface area contributed by atoms with Crippen molar-refractivity contribution in [2.45, 2.75) is 25.4 Å². The van der Waals surface area contributed by atoms with Gasteiger partial charge in [-0.15, -0.1) is 0 Å². The largest absolute Gasteiger partial charge is 0.508 e. The molecule has 0 spiro atoms. The molecule has 0 radical (unpaired) electrons. The second kappa shape index (κ2) is 7.04. The molecule has 132 valence electrons. The lowest BCUT2D eigenvalue weighted by Gasteiger charge is -2.20. The minimum atomic E-state index is -0.268. The summed E-state index contributed by atoms with van der Waals surface area (Å²) in [6.45, 7) is 3.27. The molecule has 0 aromatic heterocycles. The first-order valence-corrected chi connectivity index (χ1v) is 9.09. The van der Waals surface area contributed by atoms with Crippen LogP contribution in [0.1, 0.15) is 18.4 Å². The van der Waals surface area contributed by atoms with Crippen molar-refractivity contribution in [2.75, 3.05) is 19.6 Å². The Morgan fingerprint density at radius 1 is 1.00 bits per heavy atom. The molecule has 4 rings (SSSR count). The number of hydrogen-bond donors (Lipinski definition) is 1. The predicted molar refractivity (Wildman–Crippen MR) is 95.3 cm³/mol. The Kier molecular flexibility index (Phi) is 4.62. The molecule has 1 aliphatic carbocycles. The molecule has 2 aromatic carbocycles. The molecule has 1 aliphatic heterocycles. The average molecular weight is 341 g/mol. The smallest absolute Gasteiger partial charge is 0.165 e. The molecule has 1 saturated heterocycles. The van der Waals surface area contributed by atoms with Crippen molar-refractivity contribution in [3.63, 3.8) is 0 Å². The lowest BCUT2D eigenvalue weighted by atomic mass is 10.0. The molecule has 4 heteroatoms. The number of aromatic hydroxyl groups is 1. The number of ether oxygens (including phenoxy) is 1. The molecule has 25 heavy (non-hydrogen) atoms. The van der Waals surface area contributed by atoms with Crippen molar-refractivity contribution in [2.24, 2.45) is 11.8 Å². The first-order valence-electron chi connectivity index (χ1n) is 9.09. The van der Waals surface area contributed by atoms with Crippen LogP contribution in [0, 0.1) is 17.7 Å². The van der Waals surface area contributed by atoms with Gasteiger partial charge in [0, 0.05) is 19.6 Å². The zero-order valence-electron chi connectivity index (χ0n) is 14.3. The van der Waals surface area contributed by atoms with Gasteiger partial charge in [0.05, 0.1) is 6.10 Å². The van der Waals surface area contributed by atoms with Crippen LogP contribution in [0.2, 0.25) is 0 Å². The molecule has 2 aliphatic rings. The topological polar surface area (TPSA) is 32.7 Å². The van der Waals surface area contributed by atoms with Gasteiger partial charge < -0.3 is 14.7 Å². The van der Waals surface area contributed by atoms with Gasteiger partial charge >= 0.3 is 0 Å². The van der Waals surface area contributed by atoms with Crippen LogP contribution in [0.5, 0.6) is 11.5 Å². The van der Waals surface area contributed by atoms with E-state index in [2.05, 4.69) is 4.90 Å². The lowest BCUT2D eigenvalue weighted by molar-refractivity contribution is 0.179. The second-order valence-electron chi connectivity index (χ2n) is 7.34. The van der Waals surface area contributed by atoms with E-state index in [9.17, 15) is 9.50 Å². The Labute approximate surface area is 148 Å². The van der Waals surface area contributed by atoms with Gasteiger partial charge in [-0.25, -0.2) is 4.39 Å². The van der Waals surface area contributed by atoms with Crippen LogP contribution in [0.4, 0.5) is 4.39 Å². The van der Waals surface area contributed by atoms with Crippen molar-refractivity contribution in [3.05, 3.63) is 59.9 Å². The monoisotopic (exact) mass is 341 g/mol. The fourth-order valence-electron chi connectivity index (χ4n) is 4.29. The highest BCUT2D eigenvalue weighted by molar-refractivity contribution is 5.26. The van der Waals surface area contributed by atoms with E-state index in [1.807, 2.05) is 18.2 Å². The molecule has 0 bridgehead atoms. The zero-order chi connectivity index (χ0) is 17.2. The Morgan fingerprint density at radius 3 is 2.36 bits per heavy atom. The standard InChI is InChI=1S/C21H24FNO2/c22-20-3-1-2-4-21(20)25-19-11-16-13-23(14-17(16)12-19)10-9-15-5-7-18(24)8-6-15/h1-8,16-17,19,24H,9-14H2/t16-,17+,19+. The quantitative estimate of drug-likeness (QED) is 0.896. The summed E-state index contributed by atoms with van der Waals surface area (Å²) >= 11 is 0. The van der Waals surface area contributed by atoms with E-state index < -0.39 is 0 Å². The summed E-state index contributed by atoms with van der Waals surface area (Å²) in [5, 5.41) is 9.35. The molecule has 0 amide bonds. The number of phenols is 1. The molecule has 1 N–H and O–H groups in total. The SMILES string of the molecule is Oc1ccc(CCN2C[C@H]3C[C@H](Oc4ccccc4F)C[C@H]3C2)cc1. The number of phenolic OH excluding ortho intramolecular Hbond substituents is 1. The number of para-hydroxylation sites is 1. The number of fused-ring (bicyclic) bond motifs is 1. The van der Waals surface area contributed by atoms with E-state index in [1.54, 1.807) is 24.3 Å². The van der Waals surface area contributed by atoms with Crippen LogP contribution in [0.15, 0.2) is 48.5 Å². The normalized spacial score (nSPS) is 25.9. The average Bonchev–Trinajstić information content (AvgIpc) is 3.14. The highest BCUT2D eigenvalue weighted by Gasteiger charge is 2.41. The first kappa shape index (κ1) is 16.4. The lowest BCUT2D eigenvalue weighted by Crippen LogP contribution is -2.26. The third kappa shape index (κ3) is 3.79. The van der Waals surface area contributed by atoms with Crippen LogP contribution >= 0.6 is 0 Å². The van der Waals surface area contributed by atoms with Crippen LogP contribution in [0.3, 0.4) is 0 Å². The number of hydrogen-bond acceptors (Lipinski definition) is 3. The molecule has 0 unspecified atom stereocenters. The molecular formula is C21H24FNO2. The third-order valence-corrected chi connectivity index (χ3v) is 5.57. The highest BCUT2D eigenvalue weighted by Crippen LogP contribution is 2.40. The summed E-state index contributed by atoms with van der Waals surface area (Å²) in [6, 6.07) is 14.2. The van der Waals surface area contributed by atoms with E-state index >= 15 is 0 Å². The number of nitrogens with zero attached hydrogens (tertiary/aromatic N) is 1. The van der Waals surface area contributed by atoms with Crippen LogP contribution in [-0.4, -0.2) is 35.7 Å². The number of likely N-dealkylation sites (tertiary alicyclic amines) is 1. The van der Waals surface area contributed by atoms with Crippen molar-refractivity contribution in [1.29, 1.82) is 0 Å². The van der Waals surface area contributed by atoms with E-state index in [0.29, 0.717) is 23.3 Å².